The Labute approximate surface area is 78.9 Å². The topological polar surface area (TPSA) is 52.6 Å². The van der Waals surface area contributed by atoms with Crippen LogP contribution in [-0.4, -0.2) is 48.7 Å². The summed E-state index contributed by atoms with van der Waals surface area (Å²) in [5, 5.41) is 11.6. The average Bonchev–Trinajstić information content (AvgIpc) is 2.02. The van der Waals surface area contributed by atoms with Gasteiger partial charge in [-0.25, -0.2) is 0 Å². The fourth-order valence-corrected chi connectivity index (χ4v) is 1.88. The number of aliphatic carboxylic acids is 1. The molecule has 2 N–H and O–H groups in total. The second-order valence-electron chi connectivity index (χ2n) is 3.91. The molecule has 0 aromatic heterocycles. The van der Waals surface area contributed by atoms with Crippen LogP contribution in [0.15, 0.2) is 0 Å². The van der Waals surface area contributed by atoms with Crippen LogP contribution < -0.4 is 5.32 Å². The molecule has 13 heavy (non-hydrogen) atoms. The summed E-state index contributed by atoms with van der Waals surface area (Å²) in [4.78, 5) is 12.6. The molecule has 4 heteroatoms. The van der Waals surface area contributed by atoms with Crippen molar-refractivity contribution < 1.29 is 9.90 Å². The van der Waals surface area contributed by atoms with Gasteiger partial charge in [-0.05, 0) is 25.9 Å². The van der Waals surface area contributed by atoms with Crippen molar-refractivity contribution in [2.24, 2.45) is 5.92 Å². The second kappa shape index (κ2) is 4.58. The number of nitrogens with zero attached hydrogens (tertiary/aromatic N) is 1. The van der Waals surface area contributed by atoms with E-state index in [0.717, 1.165) is 19.5 Å². The van der Waals surface area contributed by atoms with Crippen molar-refractivity contribution >= 4 is 5.97 Å². The van der Waals surface area contributed by atoms with E-state index >= 15 is 0 Å². The number of rotatable bonds is 3. The third-order valence-corrected chi connectivity index (χ3v) is 2.62. The van der Waals surface area contributed by atoms with Gasteiger partial charge in [0.05, 0.1) is 6.54 Å². The van der Waals surface area contributed by atoms with Crippen molar-refractivity contribution in [3.63, 3.8) is 0 Å². The van der Waals surface area contributed by atoms with Crippen LogP contribution in [0.5, 0.6) is 0 Å². The molecule has 0 aromatic carbocycles. The first-order valence-electron chi connectivity index (χ1n) is 4.73. The maximum Gasteiger partial charge on any atom is 0.317 e. The Kier molecular flexibility index (Phi) is 3.69. The number of hydrogen-bond acceptors (Lipinski definition) is 3. The van der Waals surface area contributed by atoms with E-state index in [1.807, 2.05) is 0 Å². The average molecular weight is 186 g/mol. The van der Waals surface area contributed by atoms with Crippen LogP contribution in [-0.2, 0) is 4.79 Å². The molecule has 1 heterocycles. The second-order valence-corrected chi connectivity index (χ2v) is 3.91. The molecule has 1 fully saturated rings. The molecule has 76 valence electrons. The summed E-state index contributed by atoms with van der Waals surface area (Å²) in [5.74, 6) is -0.232. The molecule has 1 saturated heterocycles. The van der Waals surface area contributed by atoms with Gasteiger partial charge in [0.1, 0.15) is 0 Å². The predicted molar refractivity (Wildman–Crippen MR) is 50.7 cm³/mol. The first kappa shape index (κ1) is 10.5. The molecule has 1 rings (SSSR count). The van der Waals surface area contributed by atoms with Crippen LogP contribution >= 0.6 is 0 Å². The Hall–Kier alpha value is -0.610. The number of piperidine rings is 1. The number of nitrogens with one attached hydrogen (secondary N) is 1. The highest BCUT2D eigenvalue weighted by Crippen LogP contribution is 2.14. The monoisotopic (exact) mass is 186 g/mol. The summed E-state index contributed by atoms with van der Waals surface area (Å²) in [6.07, 6.45) is 1.05. The van der Waals surface area contributed by atoms with E-state index in [4.69, 9.17) is 5.11 Å². The molecule has 0 aromatic rings. The van der Waals surface area contributed by atoms with Crippen molar-refractivity contribution in [1.29, 1.82) is 0 Å². The van der Waals surface area contributed by atoms with E-state index in [2.05, 4.69) is 24.2 Å². The summed E-state index contributed by atoms with van der Waals surface area (Å²) in [7, 11) is 2.10. The minimum absolute atomic E-state index is 0.0821. The van der Waals surface area contributed by atoms with Gasteiger partial charge >= 0.3 is 5.97 Å². The highest BCUT2D eigenvalue weighted by molar-refractivity contribution is 5.69. The van der Waals surface area contributed by atoms with E-state index < -0.39 is 5.97 Å². The molecule has 1 aliphatic rings. The molecular formula is C9H18N2O2. The van der Waals surface area contributed by atoms with Gasteiger partial charge < -0.3 is 15.3 Å². The van der Waals surface area contributed by atoms with Crippen molar-refractivity contribution in [3.05, 3.63) is 0 Å². The van der Waals surface area contributed by atoms with Crippen molar-refractivity contribution in [1.82, 2.24) is 10.2 Å². The van der Waals surface area contributed by atoms with E-state index in [1.54, 1.807) is 0 Å². The van der Waals surface area contributed by atoms with Gasteiger partial charge in [-0.1, -0.05) is 6.92 Å². The summed E-state index contributed by atoms with van der Waals surface area (Å²) < 4.78 is 0. The molecule has 0 aliphatic carbocycles. The van der Waals surface area contributed by atoms with Gasteiger partial charge in [0.2, 0.25) is 0 Å². The fourth-order valence-electron chi connectivity index (χ4n) is 1.88. The molecule has 2 atom stereocenters. The summed E-state index contributed by atoms with van der Waals surface area (Å²) in [5.41, 5.74) is 0. The van der Waals surface area contributed by atoms with Gasteiger partial charge in [-0.3, -0.25) is 4.79 Å². The van der Waals surface area contributed by atoms with Gasteiger partial charge in [-0.2, -0.15) is 0 Å². The van der Waals surface area contributed by atoms with Gasteiger partial charge in [-0.15, -0.1) is 0 Å². The molecule has 1 aliphatic heterocycles. The first-order chi connectivity index (χ1) is 6.09. The Morgan fingerprint density at radius 1 is 1.69 bits per heavy atom. The maximum atomic E-state index is 10.3. The first-order valence-corrected chi connectivity index (χ1v) is 4.73. The standard InChI is InChI=1S/C9H18N2O2/c1-7-6-11(2)4-3-8(7)10-5-9(12)13/h7-8,10H,3-6H2,1-2H3,(H,12,13). The number of carboxylic acid groups (broad SMARTS) is 1. The molecule has 0 radical (unpaired) electrons. The van der Waals surface area contributed by atoms with Crippen LogP contribution in [0.3, 0.4) is 0 Å². The molecule has 0 bridgehead atoms. The van der Waals surface area contributed by atoms with E-state index in [0.29, 0.717) is 12.0 Å². The zero-order valence-electron chi connectivity index (χ0n) is 8.29. The normalized spacial score (nSPS) is 30.3. The maximum absolute atomic E-state index is 10.3. The Balaban J connectivity index is 2.29. The summed E-state index contributed by atoms with van der Waals surface area (Å²) in [6.45, 7) is 4.35. The number of likely N-dealkylation sites (tertiary alicyclic amines) is 1. The molecule has 0 amide bonds. The number of hydrogen-bond donors (Lipinski definition) is 2. The quantitative estimate of drug-likeness (QED) is 0.651. The molecular weight excluding hydrogens is 168 g/mol. The smallest absolute Gasteiger partial charge is 0.317 e. The predicted octanol–water partition coefficient (Wildman–Crippen LogP) is 0.000800. The van der Waals surface area contributed by atoms with Gasteiger partial charge in [0, 0.05) is 12.6 Å². The van der Waals surface area contributed by atoms with Crippen LogP contribution in [0.4, 0.5) is 0 Å². The molecule has 2 unspecified atom stereocenters. The third-order valence-electron chi connectivity index (χ3n) is 2.62. The molecule has 4 nitrogen and oxygen atoms in total. The lowest BCUT2D eigenvalue weighted by Gasteiger charge is -2.35. The molecule has 0 saturated carbocycles. The lowest BCUT2D eigenvalue weighted by Crippen LogP contribution is -2.48. The highest BCUT2D eigenvalue weighted by Gasteiger charge is 2.23. The Morgan fingerprint density at radius 2 is 2.38 bits per heavy atom. The summed E-state index contributed by atoms with van der Waals surface area (Å²) in [6, 6.07) is 0.368. The fraction of sp³-hybridized carbons (Fsp3) is 0.889. The van der Waals surface area contributed by atoms with Crippen molar-refractivity contribution in [3.8, 4) is 0 Å². The van der Waals surface area contributed by atoms with Crippen LogP contribution in [0, 0.1) is 5.92 Å². The van der Waals surface area contributed by atoms with Crippen molar-refractivity contribution in [2.45, 2.75) is 19.4 Å². The van der Waals surface area contributed by atoms with Gasteiger partial charge in [0.25, 0.3) is 0 Å². The van der Waals surface area contributed by atoms with E-state index in [9.17, 15) is 4.79 Å². The van der Waals surface area contributed by atoms with Gasteiger partial charge in [0.15, 0.2) is 0 Å². The van der Waals surface area contributed by atoms with Crippen LogP contribution in [0.2, 0.25) is 0 Å². The third kappa shape index (κ3) is 3.32. The number of carbonyl (C=O) groups is 1. The summed E-state index contributed by atoms with van der Waals surface area (Å²) >= 11 is 0. The molecule has 0 spiro atoms. The Morgan fingerprint density at radius 3 is 2.92 bits per heavy atom. The zero-order chi connectivity index (χ0) is 9.84. The van der Waals surface area contributed by atoms with Crippen LogP contribution in [0.25, 0.3) is 0 Å². The highest BCUT2D eigenvalue weighted by atomic mass is 16.4. The van der Waals surface area contributed by atoms with E-state index in [1.165, 1.54) is 0 Å². The SMILES string of the molecule is CC1CN(C)CCC1NCC(=O)O. The Bertz CT molecular complexity index is 184. The lowest BCUT2D eigenvalue weighted by atomic mass is 9.94. The van der Waals surface area contributed by atoms with E-state index in [-0.39, 0.29) is 6.54 Å². The number of carboxylic acids is 1. The lowest BCUT2D eigenvalue weighted by molar-refractivity contribution is -0.136. The van der Waals surface area contributed by atoms with Crippen molar-refractivity contribution in [2.75, 3.05) is 26.7 Å². The zero-order valence-corrected chi connectivity index (χ0v) is 8.29. The minimum Gasteiger partial charge on any atom is -0.480 e. The largest absolute Gasteiger partial charge is 0.480 e. The minimum atomic E-state index is -0.772. The van der Waals surface area contributed by atoms with Crippen LogP contribution in [0.1, 0.15) is 13.3 Å².